The number of ether oxygens (including phenoxy) is 1. The Morgan fingerprint density at radius 2 is 1.91 bits per heavy atom. The van der Waals surface area contributed by atoms with E-state index < -0.39 is 10.8 Å². The fourth-order valence-electron chi connectivity index (χ4n) is 3.02. The summed E-state index contributed by atoms with van der Waals surface area (Å²) in [5.41, 5.74) is 2.20. The zero-order chi connectivity index (χ0) is 24.8. The first-order valence-corrected chi connectivity index (χ1v) is 12.3. The fourth-order valence-corrected chi connectivity index (χ4v) is 5.32. The summed E-state index contributed by atoms with van der Waals surface area (Å²) in [5, 5.41) is 23.4. The summed E-state index contributed by atoms with van der Waals surface area (Å²) in [6.45, 7) is 2.43. The van der Waals surface area contributed by atoms with E-state index in [1.165, 1.54) is 18.2 Å². The molecule has 0 fully saturated rings. The van der Waals surface area contributed by atoms with E-state index in [1.807, 2.05) is 31.2 Å². The molecule has 0 atom stereocenters. The molecule has 0 aromatic heterocycles. The molecule has 0 aliphatic heterocycles. The molecule has 0 heterocycles. The number of aryl methyl sites for hydroxylation is 1. The standard InChI is InChI=1S/C24H16ClI2N3O4/c1-14-3-2-4-15(7-14)13-34-23-19(26)9-16(10-20(23)27)8-17(12-28)24(31)29-21-6-5-18(25)11-22(21)30(32)33/h2-11H,13H2,1H3,(H,29,31)/b17-8+. The van der Waals surface area contributed by atoms with Crippen LogP contribution in [0.25, 0.3) is 6.08 Å². The van der Waals surface area contributed by atoms with Crippen molar-refractivity contribution in [2.24, 2.45) is 0 Å². The van der Waals surface area contributed by atoms with Gasteiger partial charge in [0.1, 0.15) is 29.7 Å². The van der Waals surface area contributed by atoms with E-state index in [1.54, 1.807) is 12.1 Å². The molecule has 0 aliphatic rings. The number of benzene rings is 3. The first-order valence-electron chi connectivity index (χ1n) is 9.72. The monoisotopic (exact) mass is 699 g/mol. The molecule has 0 bridgehead atoms. The molecule has 1 N–H and O–H groups in total. The van der Waals surface area contributed by atoms with E-state index >= 15 is 0 Å². The van der Waals surface area contributed by atoms with Gasteiger partial charge < -0.3 is 10.1 Å². The van der Waals surface area contributed by atoms with E-state index in [4.69, 9.17) is 16.3 Å². The van der Waals surface area contributed by atoms with E-state index in [0.29, 0.717) is 17.9 Å². The number of carbonyl (C=O) groups is 1. The number of carbonyl (C=O) groups excluding carboxylic acids is 1. The highest BCUT2D eigenvalue weighted by Crippen LogP contribution is 2.31. The number of hydrogen-bond acceptors (Lipinski definition) is 5. The molecule has 3 aromatic rings. The van der Waals surface area contributed by atoms with E-state index in [0.717, 1.165) is 24.3 Å². The van der Waals surface area contributed by atoms with Crippen LogP contribution in [0.2, 0.25) is 5.02 Å². The van der Waals surface area contributed by atoms with Crippen LogP contribution in [0.15, 0.2) is 60.2 Å². The van der Waals surface area contributed by atoms with Gasteiger partial charge in [-0.25, -0.2) is 0 Å². The lowest BCUT2D eigenvalue weighted by atomic mass is 10.1. The zero-order valence-corrected chi connectivity index (χ0v) is 22.7. The Bertz CT molecular complexity index is 1330. The van der Waals surface area contributed by atoms with Crippen LogP contribution in [0.5, 0.6) is 5.75 Å². The fraction of sp³-hybridized carbons (Fsp3) is 0.0833. The first-order chi connectivity index (χ1) is 16.2. The van der Waals surface area contributed by atoms with Crippen LogP contribution in [0.3, 0.4) is 0 Å². The Hall–Kier alpha value is -2.69. The average Bonchev–Trinajstić information content (AvgIpc) is 2.78. The van der Waals surface area contributed by atoms with Gasteiger partial charge in [-0.05, 0) is 93.6 Å². The largest absolute Gasteiger partial charge is 0.487 e. The van der Waals surface area contributed by atoms with Crippen molar-refractivity contribution >= 4 is 80.1 Å². The summed E-state index contributed by atoms with van der Waals surface area (Å²) >= 11 is 10.1. The minimum absolute atomic E-state index is 0.0513. The summed E-state index contributed by atoms with van der Waals surface area (Å²) in [7, 11) is 0. The van der Waals surface area contributed by atoms with Crippen molar-refractivity contribution in [1.29, 1.82) is 5.26 Å². The van der Waals surface area contributed by atoms with Crippen LogP contribution in [0, 0.1) is 35.5 Å². The number of nitro groups is 1. The highest BCUT2D eigenvalue weighted by Gasteiger charge is 2.19. The highest BCUT2D eigenvalue weighted by atomic mass is 127. The molecule has 0 unspecified atom stereocenters. The third-order valence-electron chi connectivity index (χ3n) is 4.57. The maximum atomic E-state index is 12.6. The third kappa shape index (κ3) is 6.68. The van der Waals surface area contributed by atoms with E-state index in [2.05, 4.69) is 56.6 Å². The normalized spacial score (nSPS) is 11.0. The Morgan fingerprint density at radius 3 is 2.53 bits per heavy atom. The molecule has 3 aromatic carbocycles. The van der Waals surface area contributed by atoms with Gasteiger partial charge in [0.05, 0.1) is 12.1 Å². The number of amides is 1. The topological polar surface area (TPSA) is 105 Å². The number of nitro benzene ring substituents is 1. The lowest BCUT2D eigenvalue weighted by molar-refractivity contribution is -0.383. The zero-order valence-electron chi connectivity index (χ0n) is 17.6. The van der Waals surface area contributed by atoms with Crippen molar-refractivity contribution in [2.75, 3.05) is 5.32 Å². The first kappa shape index (κ1) is 25.9. The van der Waals surface area contributed by atoms with E-state index in [-0.39, 0.29) is 22.0 Å². The highest BCUT2D eigenvalue weighted by molar-refractivity contribution is 14.1. The summed E-state index contributed by atoms with van der Waals surface area (Å²) in [6.07, 6.45) is 1.42. The summed E-state index contributed by atoms with van der Waals surface area (Å²) in [4.78, 5) is 23.2. The second-order valence-corrected chi connectivity index (χ2v) is 9.89. The van der Waals surface area contributed by atoms with E-state index in [9.17, 15) is 20.2 Å². The van der Waals surface area contributed by atoms with Crippen molar-refractivity contribution in [3.8, 4) is 11.8 Å². The van der Waals surface area contributed by atoms with Crippen molar-refractivity contribution < 1.29 is 14.5 Å². The molecule has 7 nitrogen and oxygen atoms in total. The van der Waals surface area contributed by atoms with Crippen molar-refractivity contribution in [1.82, 2.24) is 0 Å². The molecule has 3 rings (SSSR count). The minimum atomic E-state index is -0.766. The summed E-state index contributed by atoms with van der Waals surface area (Å²) < 4.78 is 7.64. The van der Waals surface area contributed by atoms with Crippen molar-refractivity contribution in [3.63, 3.8) is 0 Å². The minimum Gasteiger partial charge on any atom is -0.487 e. The number of rotatable bonds is 7. The van der Waals surface area contributed by atoms with Gasteiger partial charge >= 0.3 is 0 Å². The molecule has 0 radical (unpaired) electrons. The molecule has 172 valence electrons. The molecular formula is C24H16ClI2N3O4. The number of nitrogens with one attached hydrogen (secondary N) is 1. The van der Waals surface area contributed by atoms with Gasteiger partial charge in [0.2, 0.25) is 0 Å². The van der Waals surface area contributed by atoms with Crippen molar-refractivity contribution in [2.45, 2.75) is 13.5 Å². The second kappa shape index (κ2) is 11.6. The number of anilines is 1. The van der Waals surface area contributed by atoms with Crippen LogP contribution in [-0.2, 0) is 11.4 Å². The van der Waals surface area contributed by atoms with Crippen molar-refractivity contribution in [3.05, 3.63) is 99.1 Å². The quantitative estimate of drug-likeness (QED) is 0.0951. The summed E-state index contributed by atoms with van der Waals surface area (Å²) in [5.74, 6) is -0.0580. The molecule has 0 aliphatic carbocycles. The molecule has 10 heteroatoms. The van der Waals surface area contributed by atoms with Gasteiger partial charge in [0.15, 0.2) is 0 Å². The van der Waals surface area contributed by atoms with Gasteiger partial charge in [-0.2, -0.15) is 5.26 Å². The Labute approximate surface area is 228 Å². The average molecular weight is 700 g/mol. The van der Waals surface area contributed by atoms with Gasteiger partial charge in [-0.15, -0.1) is 0 Å². The third-order valence-corrected chi connectivity index (χ3v) is 6.40. The van der Waals surface area contributed by atoms with Crippen LogP contribution >= 0.6 is 56.8 Å². The molecule has 34 heavy (non-hydrogen) atoms. The number of halogens is 3. The Kier molecular flexibility index (Phi) is 8.87. The molecule has 0 saturated heterocycles. The second-order valence-electron chi connectivity index (χ2n) is 7.13. The predicted octanol–water partition coefficient (Wildman–Crippen LogP) is 6.89. The number of nitrogens with zero attached hydrogens (tertiary/aromatic N) is 2. The molecule has 1 amide bonds. The van der Waals surface area contributed by atoms with Gasteiger partial charge in [-0.1, -0.05) is 41.4 Å². The molecule has 0 saturated carbocycles. The number of nitriles is 1. The van der Waals surface area contributed by atoms with Gasteiger partial charge in [-0.3, -0.25) is 14.9 Å². The Balaban J connectivity index is 1.81. The lowest BCUT2D eigenvalue weighted by Crippen LogP contribution is -2.14. The number of hydrogen-bond donors (Lipinski definition) is 1. The Morgan fingerprint density at radius 1 is 1.21 bits per heavy atom. The summed E-state index contributed by atoms with van der Waals surface area (Å²) in [6, 6.07) is 17.4. The van der Waals surface area contributed by atoms with Crippen LogP contribution in [-0.4, -0.2) is 10.8 Å². The van der Waals surface area contributed by atoms with Crippen LogP contribution in [0.4, 0.5) is 11.4 Å². The maximum absolute atomic E-state index is 12.6. The molecule has 0 spiro atoms. The van der Waals surface area contributed by atoms with Crippen LogP contribution < -0.4 is 10.1 Å². The smallest absolute Gasteiger partial charge is 0.294 e. The molecular weight excluding hydrogens is 684 g/mol. The van der Waals surface area contributed by atoms with Crippen LogP contribution in [0.1, 0.15) is 16.7 Å². The van der Waals surface area contributed by atoms with Gasteiger partial charge in [0, 0.05) is 11.1 Å². The lowest BCUT2D eigenvalue weighted by Gasteiger charge is -2.12. The SMILES string of the molecule is Cc1cccc(COc2c(I)cc(/C=C(\C#N)C(=O)Nc3ccc(Cl)cc3[N+](=O)[O-])cc2I)c1. The van der Waals surface area contributed by atoms with Gasteiger partial charge in [0.25, 0.3) is 11.6 Å². The maximum Gasteiger partial charge on any atom is 0.294 e. The predicted molar refractivity (Wildman–Crippen MR) is 148 cm³/mol.